The van der Waals surface area contributed by atoms with E-state index in [4.69, 9.17) is 10.5 Å². The van der Waals surface area contributed by atoms with E-state index in [1.807, 2.05) is 32.9 Å². The van der Waals surface area contributed by atoms with Gasteiger partial charge in [0, 0.05) is 12.7 Å². The fourth-order valence-electron chi connectivity index (χ4n) is 1.21. The molecule has 0 saturated carbocycles. The molecule has 0 radical (unpaired) electrons. The number of nitrogens with zero attached hydrogens (tertiary/aromatic N) is 1. The minimum Gasteiger partial charge on any atom is -0.459 e. The van der Waals surface area contributed by atoms with E-state index in [0.717, 1.165) is 10.6 Å². The zero-order chi connectivity index (χ0) is 12.9. The molecule has 0 aliphatic carbocycles. The van der Waals surface area contributed by atoms with E-state index in [-0.39, 0.29) is 11.7 Å². The Labute approximate surface area is 106 Å². The van der Waals surface area contributed by atoms with E-state index in [1.54, 1.807) is 6.20 Å². The van der Waals surface area contributed by atoms with Crippen molar-refractivity contribution in [1.29, 1.82) is 0 Å². The highest BCUT2D eigenvalue weighted by Crippen LogP contribution is 2.20. The van der Waals surface area contributed by atoms with Crippen molar-refractivity contribution in [3.05, 3.63) is 23.9 Å². The third-order valence-electron chi connectivity index (χ3n) is 1.82. The van der Waals surface area contributed by atoms with Gasteiger partial charge in [0.1, 0.15) is 10.6 Å². The molecule has 0 aliphatic heterocycles. The van der Waals surface area contributed by atoms with Crippen LogP contribution >= 0.6 is 11.8 Å². The normalized spacial score (nSPS) is 11.3. The number of carbonyl (C=O) groups is 1. The Balaban J connectivity index is 2.53. The largest absolute Gasteiger partial charge is 0.459 e. The van der Waals surface area contributed by atoms with Crippen molar-refractivity contribution < 1.29 is 9.53 Å². The molecular weight excluding hydrogens is 236 g/mol. The molecule has 0 amide bonds. The Morgan fingerprint density at radius 1 is 1.53 bits per heavy atom. The van der Waals surface area contributed by atoms with Crippen molar-refractivity contribution in [1.82, 2.24) is 4.98 Å². The fourth-order valence-corrected chi connectivity index (χ4v) is 1.99. The summed E-state index contributed by atoms with van der Waals surface area (Å²) in [6, 6.07) is 3.74. The van der Waals surface area contributed by atoms with Crippen LogP contribution in [0.5, 0.6) is 0 Å². The predicted molar refractivity (Wildman–Crippen MR) is 68.7 cm³/mol. The monoisotopic (exact) mass is 254 g/mol. The highest BCUT2D eigenvalue weighted by molar-refractivity contribution is 7.99. The first kappa shape index (κ1) is 14.0. The van der Waals surface area contributed by atoms with Gasteiger partial charge in [-0.3, -0.25) is 4.79 Å². The third kappa shape index (κ3) is 5.19. The number of pyridine rings is 1. The van der Waals surface area contributed by atoms with Crippen molar-refractivity contribution >= 4 is 17.7 Å². The van der Waals surface area contributed by atoms with Crippen molar-refractivity contribution in [2.75, 3.05) is 5.75 Å². The van der Waals surface area contributed by atoms with Crippen LogP contribution in [0.25, 0.3) is 0 Å². The molecule has 0 bridgehead atoms. The Kier molecular flexibility index (Phi) is 4.96. The van der Waals surface area contributed by atoms with Crippen LogP contribution in [-0.4, -0.2) is 22.3 Å². The van der Waals surface area contributed by atoms with Gasteiger partial charge in [0.25, 0.3) is 0 Å². The fraction of sp³-hybridized carbons (Fsp3) is 0.500. The lowest BCUT2D eigenvalue weighted by Crippen LogP contribution is -2.25. The number of hydrogen-bond donors (Lipinski definition) is 1. The minimum absolute atomic E-state index is 0.240. The number of aromatic nitrogens is 1. The molecule has 1 aromatic heterocycles. The molecule has 1 aromatic rings. The zero-order valence-electron chi connectivity index (χ0n) is 10.4. The van der Waals surface area contributed by atoms with E-state index < -0.39 is 5.60 Å². The highest BCUT2D eigenvalue weighted by atomic mass is 32.2. The van der Waals surface area contributed by atoms with E-state index in [0.29, 0.717) is 6.54 Å². The van der Waals surface area contributed by atoms with Crippen LogP contribution in [0.15, 0.2) is 23.4 Å². The summed E-state index contributed by atoms with van der Waals surface area (Å²) in [4.78, 5) is 15.7. The summed E-state index contributed by atoms with van der Waals surface area (Å²) in [6.45, 7) is 5.97. The number of nitrogens with two attached hydrogens (primary N) is 1. The number of ether oxygens (including phenoxy) is 1. The average Bonchev–Trinajstić information content (AvgIpc) is 2.24. The van der Waals surface area contributed by atoms with Gasteiger partial charge in [-0.05, 0) is 32.4 Å². The predicted octanol–water partition coefficient (Wildman–Crippen LogP) is 1.97. The molecule has 0 unspecified atom stereocenters. The summed E-state index contributed by atoms with van der Waals surface area (Å²) in [5, 5.41) is 0.792. The Morgan fingerprint density at radius 2 is 2.24 bits per heavy atom. The van der Waals surface area contributed by atoms with Gasteiger partial charge in [-0.25, -0.2) is 4.98 Å². The summed E-state index contributed by atoms with van der Waals surface area (Å²) in [5.74, 6) is 0.0116. The van der Waals surface area contributed by atoms with Gasteiger partial charge >= 0.3 is 5.97 Å². The lowest BCUT2D eigenvalue weighted by atomic mass is 10.2. The van der Waals surface area contributed by atoms with Crippen LogP contribution in [0.4, 0.5) is 0 Å². The van der Waals surface area contributed by atoms with Gasteiger partial charge in [-0.1, -0.05) is 17.8 Å². The van der Waals surface area contributed by atoms with Crippen LogP contribution in [0, 0.1) is 0 Å². The van der Waals surface area contributed by atoms with Crippen LogP contribution in [0.2, 0.25) is 0 Å². The van der Waals surface area contributed by atoms with Crippen molar-refractivity contribution in [2.24, 2.45) is 5.73 Å². The van der Waals surface area contributed by atoms with Gasteiger partial charge in [0.2, 0.25) is 0 Å². The second kappa shape index (κ2) is 6.02. The molecule has 0 saturated heterocycles. The maximum Gasteiger partial charge on any atom is 0.316 e. The topological polar surface area (TPSA) is 65.2 Å². The highest BCUT2D eigenvalue weighted by Gasteiger charge is 2.16. The lowest BCUT2D eigenvalue weighted by Gasteiger charge is -2.19. The first-order chi connectivity index (χ1) is 7.92. The Bertz CT molecular complexity index is 388. The van der Waals surface area contributed by atoms with E-state index >= 15 is 0 Å². The van der Waals surface area contributed by atoms with E-state index in [9.17, 15) is 4.79 Å². The minimum atomic E-state index is -0.446. The summed E-state index contributed by atoms with van der Waals surface area (Å²) in [5.41, 5.74) is 6.09. The van der Waals surface area contributed by atoms with Crippen LogP contribution in [-0.2, 0) is 16.1 Å². The summed E-state index contributed by atoms with van der Waals surface area (Å²) in [6.07, 6.45) is 1.69. The molecule has 0 atom stereocenters. The molecule has 17 heavy (non-hydrogen) atoms. The Hall–Kier alpha value is -1.07. The molecule has 0 spiro atoms. The van der Waals surface area contributed by atoms with Crippen molar-refractivity contribution in [3.63, 3.8) is 0 Å². The molecule has 1 rings (SSSR count). The molecule has 2 N–H and O–H groups in total. The lowest BCUT2D eigenvalue weighted by molar-refractivity contribution is -0.151. The molecular formula is C12H18N2O2S. The quantitative estimate of drug-likeness (QED) is 0.657. The van der Waals surface area contributed by atoms with Crippen LogP contribution in [0.1, 0.15) is 26.3 Å². The maximum absolute atomic E-state index is 11.5. The standard InChI is InChI=1S/C12H18N2O2S/c1-12(2,3)16-10(15)8-17-11-9(7-13)5-4-6-14-11/h4-6H,7-8,13H2,1-3H3. The summed E-state index contributed by atoms with van der Waals surface area (Å²) >= 11 is 1.35. The maximum atomic E-state index is 11.5. The molecule has 5 heteroatoms. The number of rotatable bonds is 4. The first-order valence-corrected chi connectivity index (χ1v) is 6.39. The van der Waals surface area contributed by atoms with Gasteiger partial charge in [-0.2, -0.15) is 0 Å². The van der Waals surface area contributed by atoms with Crippen molar-refractivity contribution in [2.45, 2.75) is 37.9 Å². The number of hydrogen-bond acceptors (Lipinski definition) is 5. The van der Waals surface area contributed by atoms with Gasteiger partial charge in [0.05, 0.1) is 5.75 Å². The van der Waals surface area contributed by atoms with Gasteiger partial charge in [-0.15, -0.1) is 0 Å². The number of carbonyl (C=O) groups excluding carboxylic acids is 1. The molecule has 0 fully saturated rings. The van der Waals surface area contributed by atoms with E-state index in [2.05, 4.69) is 4.98 Å². The molecule has 94 valence electrons. The van der Waals surface area contributed by atoms with E-state index in [1.165, 1.54) is 11.8 Å². The zero-order valence-corrected chi connectivity index (χ0v) is 11.2. The number of thioether (sulfide) groups is 1. The third-order valence-corrected chi connectivity index (χ3v) is 2.84. The molecule has 1 heterocycles. The van der Waals surface area contributed by atoms with Gasteiger partial charge < -0.3 is 10.5 Å². The first-order valence-electron chi connectivity index (χ1n) is 5.41. The van der Waals surface area contributed by atoms with Gasteiger partial charge in [0.15, 0.2) is 0 Å². The smallest absolute Gasteiger partial charge is 0.316 e. The van der Waals surface area contributed by atoms with Crippen molar-refractivity contribution in [3.8, 4) is 0 Å². The molecule has 0 aromatic carbocycles. The summed E-state index contributed by atoms with van der Waals surface area (Å²) < 4.78 is 5.21. The van der Waals surface area contributed by atoms with Crippen LogP contribution < -0.4 is 5.73 Å². The second-order valence-corrected chi connectivity index (χ2v) is 5.51. The summed E-state index contributed by atoms with van der Waals surface area (Å²) in [7, 11) is 0. The second-order valence-electron chi connectivity index (χ2n) is 4.55. The van der Waals surface area contributed by atoms with Crippen LogP contribution in [0.3, 0.4) is 0 Å². The number of esters is 1. The average molecular weight is 254 g/mol. The Morgan fingerprint density at radius 3 is 2.82 bits per heavy atom. The molecule has 0 aliphatic rings. The molecule has 4 nitrogen and oxygen atoms in total. The SMILES string of the molecule is CC(C)(C)OC(=O)CSc1ncccc1CN.